The van der Waals surface area contributed by atoms with Gasteiger partial charge in [0, 0.05) is 23.7 Å². The lowest BCUT2D eigenvalue weighted by Gasteiger charge is -2.11. The summed E-state index contributed by atoms with van der Waals surface area (Å²) in [7, 11) is 0. The average molecular weight is 351 g/mol. The van der Waals surface area contributed by atoms with Crippen LogP contribution in [-0.2, 0) is 6.54 Å². The molecule has 0 fully saturated rings. The first-order chi connectivity index (χ1) is 12.5. The minimum absolute atomic E-state index is 0.0730. The molecular formula is C19H21N5O2. The highest BCUT2D eigenvalue weighted by Crippen LogP contribution is 2.16. The van der Waals surface area contributed by atoms with E-state index in [0.717, 1.165) is 16.5 Å². The Morgan fingerprint density at radius 2 is 1.88 bits per heavy atom. The van der Waals surface area contributed by atoms with E-state index in [-0.39, 0.29) is 18.0 Å². The number of nitrogens with one attached hydrogen (secondary N) is 4. The van der Waals surface area contributed by atoms with Crippen LogP contribution in [0, 0.1) is 0 Å². The molecule has 0 saturated carbocycles. The maximum Gasteiger partial charge on any atom is 0.319 e. The molecule has 1 aromatic heterocycles. The first-order valence-corrected chi connectivity index (χ1v) is 8.39. The lowest BCUT2D eigenvalue weighted by Crippen LogP contribution is -2.34. The fourth-order valence-electron chi connectivity index (χ4n) is 2.57. The van der Waals surface area contributed by atoms with E-state index in [9.17, 15) is 9.59 Å². The summed E-state index contributed by atoms with van der Waals surface area (Å²) in [5.74, 6) is -0.168. The number of nitrogens with zero attached hydrogens (tertiary/aromatic N) is 1. The van der Waals surface area contributed by atoms with Gasteiger partial charge >= 0.3 is 6.03 Å². The minimum Gasteiger partial charge on any atom is -0.348 e. The average Bonchev–Trinajstić information content (AvgIpc) is 3.08. The van der Waals surface area contributed by atoms with Crippen molar-refractivity contribution in [3.8, 4) is 0 Å². The number of benzene rings is 2. The van der Waals surface area contributed by atoms with Gasteiger partial charge < -0.3 is 16.0 Å². The van der Waals surface area contributed by atoms with Crippen molar-refractivity contribution in [1.29, 1.82) is 0 Å². The van der Waals surface area contributed by atoms with Crippen LogP contribution in [0.2, 0.25) is 0 Å². The van der Waals surface area contributed by atoms with Crippen molar-refractivity contribution in [3.63, 3.8) is 0 Å². The number of carbonyl (C=O) groups is 2. The van der Waals surface area contributed by atoms with Crippen LogP contribution in [-0.4, -0.2) is 28.2 Å². The van der Waals surface area contributed by atoms with Crippen molar-refractivity contribution >= 4 is 28.5 Å². The molecule has 7 heteroatoms. The van der Waals surface area contributed by atoms with Gasteiger partial charge in [-0.25, -0.2) is 4.79 Å². The lowest BCUT2D eigenvalue weighted by atomic mass is 10.1. The molecule has 3 amide bonds. The summed E-state index contributed by atoms with van der Waals surface area (Å²) in [5, 5.41) is 16.1. The topological polar surface area (TPSA) is 98.9 Å². The second-order valence-corrected chi connectivity index (χ2v) is 6.27. The van der Waals surface area contributed by atoms with Gasteiger partial charge in [0.2, 0.25) is 0 Å². The van der Waals surface area contributed by atoms with E-state index in [1.165, 1.54) is 0 Å². The number of amides is 3. The monoisotopic (exact) mass is 351 g/mol. The van der Waals surface area contributed by atoms with Gasteiger partial charge in [-0.2, -0.15) is 5.10 Å². The third kappa shape index (κ3) is 4.18. The number of carbonyl (C=O) groups excluding carboxylic acids is 2. The van der Waals surface area contributed by atoms with Crippen molar-refractivity contribution in [3.05, 3.63) is 59.8 Å². The molecule has 0 aliphatic rings. The van der Waals surface area contributed by atoms with Crippen LogP contribution in [0.3, 0.4) is 0 Å². The van der Waals surface area contributed by atoms with Gasteiger partial charge in [-0.3, -0.25) is 9.89 Å². The summed E-state index contributed by atoms with van der Waals surface area (Å²) in [4.78, 5) is 24.1. The SMILES string of the molecule is CC(C)NC(=O)Nc1ccc(CNC(=O)c2cccc3cn[nH]c23)cc1. The van der Waals surface area contributed by atoms with E-state index in [4.69, 9.17) is 0 Å². The van der Waals surface area contributed by atoms with Gasteiger partial charge in [-0.1, -0.05) is 24.3 Å². The molecule has 4 N–H and O–H groups in total. The number of hydrogen-bond acceptors (Lipinski definition) is 3. The molecule has 1 heterocycles. The van der Waals surface area contributed by atoms with E-state index >= 15 is 0 Å². The van der Waals surface area contributed by atoms with E-state index < -0.39 is 0 Å². The van der Waals surface area contributed by atoms with Gasteiger partial charge in [0.15, 0.2) is 0 Å². The number of hydrogen-bond donors (Lipinski definition) is 4. The molecule has 0 saturated heterocycles. The lowest BCUT2D eigenvalue weighted by molar-refractivity contribution is 0.0952. The molecule has 0 bridgehead atoms. The van der Waals surface area contributed by atoms with E-state index in [1.54, 1.807) is 24.4 Å². The van der Waals surface area contributed by atoms with Gasteiger partial charge in [0.05, 0.1) is 17.3 Å². The molecule has 0 aliphatic heterocycles. The maximum absolute atomic E-state index is 12.4. The number of fused-ring (bicyclic) bond motifs is 1. The fourth-order valence-corrected chi connectivity index (χ4v) is 2.57. The van der Waals surface area contributed by atoms with Gasteiger partial charge in [-0.15, -0.1) is 0 Å². The maximum atomic E-state index is 12.4. The Kier molecular flexibility index (Phi) is 5.17. The van der Waals surface area contributed by atoms with Crippen LogP contribution in [0.4, 0.5) is 10.5 Å². The predicted molar refractivity (Wildman–Crippen MR) is 101 cm³/mol. The number of aromatic nitrogens is 2. The van der Waals surface area contributed by atoms with Crippen molar-refractivity contribution < 1.29 is 9.59 Å². The Hall–Kier alpha value is -3.35. The Balaban J connectivity index is 1.59. The van der Waals surface area contributed by atoms with Crippen LogP contribution in [0.25, 0.3) is 10.9 Å². The third-order valence-electron chi connectivity index (χ3n) is 3.81. The standard InChI is InChI=1S/C19H21N5O2/c1-12(2)22-19(26)23-15-8-6-13(7-9-15)10-20-18(25)16-5-3-4-14-11-21-24-17(14)16/h3-9,11-12H,10H2,1-2H3,(H,20,25)(H,21,24)(H2,22,23,26). The van der Waals surface area contributed by atoms with Crippen LogP contribution in [0.15, 0.2) is 48.7 Å². The molecule has 7 nitrogen and oxygen atoms in total. The number of urea groups is 1. The Morgan fingerprint density at radius 1 is 1.12 bits per heavy atom. The molecule has 0 spiro atoms. The highest BCUT2D eigenvalue weighted by atomic mass is 16.2. The largest absolute Gasteiger partial charge is 0.348 e. The summed E-state index contributed by atoms with van der Waals surface area (Å²) in [6, 6.07) is 12.7. The zero-order valence-electron chi connectivity index (χ0n) is 14.7. The van der Waals surface area contributed by atoms with Crippen LogP contribution >= 0.6 is 0 Å². The molecule has 134 valence electrons. The molecule has 0 aliphatic carbocycles. The zero-order valence-corrected chi connectivity index (χ0v) is 14.7. The van der Waals surface area contributed by atoms with Crippen molar-refractivity contribution in [2.45, 2.75) is 26.4 Å². The molecule has 0 unspecified atom stereocenters. The first kappa shape index (κ1) is 17.5. The van der Waals surface area contributed by atoms with Crippen LogP contribution in [0.5, 0.6) is 0 Å². The third-order valence-corrected chi connectivity index (χ3v) is 3.81. The Morgan fingerprint density at radius 3 is 2.62 bits per heavy atom. The Bertz CT molecular complexity index is 915. The summed E-state index contributed by atoms with van der Waals surface area (Å²) < 4.78 is 0. The summed E-state index contributed by atoms with van der Waals surface area (Å²) >= 11 is 0. The second-order valence-electron chi connectivity index (χ2n) is 6.27. The Labute approximate surface area is 151 Å². The molecule has 0 atom stereocenters. The molecule has 3 aromatic rings. The molecule has 3 rings (SSSR count). The van der Waals surface area contributed by atoms with Crippen molar-refractivity contribution in [1.82, 2.24) is 20.8 Å². The predicted octanol–water partition coefficient (Wildman–Crippen LogP) is 3.02. The highest BCUT2D eigenvalue weighted by Gasteiger charge is 2.11. The number of rotatable bonds is 5. The fraction of sp³-hybridized carbons (Fsp3) is 0.211. The normalized spacial score (nSPS) is 10.7. The summed E-state index contributed by atoms with van der Waals surface area (Å²) in [6.07, 6.45) is 1.69. The first-order valence-electron chi connectivity index (χ1n) is 8.39. The number of anilines is 1. The highest BCUT2D eigenvalue weighted by molar-refractivity contribution is 6.05. The van der Waals surface area contributed by atoms with Crippen molar-refractivity contribution in [2.75, 3.05) is 5.32 Å². The van der Waals surface area contributed by atoms with Crippen LogP contribution < -0.4 is 16.0 Å². The molecular weight excluding hydrogens is 330 g/mol. The smallest absolute Gasteiger partial charge is 0.319 e. The number of H-pyrrole nitrogens is 1. The van der Waals surface area contributed by atoms with Gasteiger partial charge in [-0.05, 0) is 37.6 Å². The molecule has 2 aromatic carbocycles. The van der Waals surface area contributed by atoms with E-state index in [1.807, 2.05) is 38.1 Å². The summed E-state index contributed by atoms with van der Waals surface area (Å²) in [6.45, 7) is 4.19. The second kappa shape index (κ2) is 7.69. The number of para-hydroxylation sites is 1. The van der Waals surface area contributed by atoms with Gasteiger partial charge in [0.1, 0.15) is 0 Å². The van der Waals surface area contributed by atoms with Crippen molar-refractivity contribution in [2.24, 2.45) is 0 Å². The number of aromatic amines is 1. The zero-order chi connectivity index (χ0) is 18.5. The van der Waals surface area contributed by atoms with E-state index in [0.29, 0.717) is 17.8 Å². The van der Waals surface area contributed by atoms with Crippen LogP contribution in [0.1, 0.15) is 29.8 Å². The minimum atomic E-state index is -0.242. The summed E-state index contributed by atoms with van der Waals surface area (Å²) in [5.41, 5.74) is 2.91. The molecule has 26 heavy (non-hydrogen) atoms. The van der Waals surface area contributed by atoms with Gasteiger partial charge in [0.25, 0.3) is 5.91 Å². The quantitative estimate of drug-likeness (QED) is 0.568. The molecule has 0 radical (unpaired) electrons. The van der Waals surface area contributed by atoms with E-state index in [2.05, 4.69) is 26.1 Å².